The first-order valence-corrected chi connectivity index (χ1v) is 7.06. The standard InChI is InChI=1S/C16H23N3O/c1-4-10-17-14(16-18-11-12-19(16)2)15(20-3)13-8-6-5-7-9-13/h5-9,11-12,14-15,17H,4,10H2,1-3H3. The van der Waals surface area contributed by atoms with Gasteiger partial charge in [-0.1, -0.05) is 37.3 Å². The molecule has 0 aliphatic rings. The highest BCUT2D eigenvalue weighted by molar-refractivity contribution is 5.21. The lowest BCUT2D eigenvalue weighted by Gasteiger charge is -2.27. The molecule has 4 nitrogen and oxygen atoms in total. The molecular weight excluding hydrogens is 250 g/mol. The molecular formula is C16H23N3O. The lowest BCUT2D eigenvalue weighted by Crippen LogP contribution is -2.31. The van der Waals surface area contributed by atoms with Gasteiger partial charge in [0.25, 0.3) is 0 Å². The van der Waals surface area contributed by atoms with Gasteiger partial charge in [0.1, 0.15) is 11.9 Å². The minimum absolute atomic E-state index is 0.0438. The van der Waals surface area contributed by atoms with Gasteiger partial charge in [0.15, 0.2) is 0 Å². The zero-order valence-electron chi connectivity index (χ0n) is 12.4. The van der Waals surface area contributed by atoms with Crippen molar-refractivity contribution < 1.29 is 4.74 Å². The molecule has 0 spiro atoms. The largest absolute Gasteiger partial charge is 0.375 e. The fourth-order valence-electron chi connectivity index (χ4n) is 2.42. The fourth-order valence-corrected chi connectivity index (χ4v) is 2.42. The normalized spacial score (nSPS) is 14.2. The van der Waals surface area contributed by atoms with Crippen molar-refractivity contribution in [3.05, 3.63) is 54.1 Å². The van der Waals surface area contributed by atoms with E-state index in [2.05, 4.69) is 29.4 Å². The summed E-state index contributed by atoms with van der Waals surface area (Å²) in [5.74, 6) is 0.995. The zero-order valence-corrected chi connectivity index (χ0v) is 12.4. The molecule has 0 saturated heterocycles. The van der Waals surface area contributed by atoms with Gasteiger partial charge in [-0.05, 0) is 18.5 Å². The molecule has 2 rings (SSSR count). The van der Waals surface area contributed by atoms with Crippen LogP contribution in [0.4, 0.5) is 0 Å². The maximum absolute atomic E-state index is 5.76. The third-order valence-electron chi connectivity index (χ3n) is 3.44. The van der Waals surface area contributed by atoms with Crippen molar-refractivity contribution in [1.29, 1.82) is 0 Å². The Kier molecular flexibility index (Phi) is 5.32. The summed E-state index contributed by atoms with van der Waals surface area (Å²) in [7, 11) is 3.77. The lowest BCUT2D eigenvalue weighted by molar-refractivity contribution is 0.0638. The lowest BCUT2D eigenvalue weighted by atomic mass is 10.0. The second-order valence-corrected chi connectivity index (χ2v) is 4.90. The number of rotatable bonds is 7. The molecule has 0 aliphatic carbocycles. The molecule has 0 amide bonds. The summed E-state index contributed by atoms with van der Waals surface area (Å²) in [6.45, 7) is 3.09. The van der Waals surface area contributed by atoms with E-state index >= 15 is 0 Å². The number of hydrogen-bond acceptors (Lipinski definition) is 3. The van der Waals surface area contributed by atoms with Gasteiger partial charge in [-0.2, -0.15) is 0 Å². The predicted octanol–water partition coefficient (Wildman–Crippen LogP) is 2.85. The molecule has 108 valence electrons. The number of methoxy groups -OCH3 is 1. The number of ether oxygens (including phenoxy) is 1. The van der Waals surface area contributed by atoms with E-state index in [1.807, 2.05) is 42.2 Å². The molecule has 0 aliphatic heterocycles. The van der Waals surface area contributed by atoms with Gasteiger partial charge >= 0.3 is 0 Å². The first kappa shape index (κ1) is 14.8. The molecule has 20 heavy (non-hydrogen) atoms. The number of aromatic nitrogens is 2. The summed E-state index contributed by atoms with van der Waals surface area (Å²) in [4.78, 5) is 4.48. The van der Waals surface area contributed by atoms with Gasteiger partial charge in [0.2, 0.25) is 0 Å². The number of benzene rings is 1. The quantitative estimate of drug-likeness (QED) is 0.843. The number of imidazole rings is 1. The van der Waals surface area contributed by atoms with E-state index in [9.17, 15) is 0 Å². The van der Waals surface area contributed by atoms with Crippen molar-refractivity contribution in [2.75, 3.05) is 13.7 Å². The third kappa shape index (κ3) is 3.26. The number of aryl methyl sites for hydroxylation is 1. The molecule has 0 radical (unpaired) electrons. The Labute approximate surface area is 120 Å². The van der Waals surface area contributed by atoms with Crippen LogP contribution in [0.25, 0.3) is 0 Å². The van der Waals surface area contributed by atoms with Crippen LogP contribution in [0.3, 0.4) is 0 Å². The Bertz CT molecular complexity index is 509. The molecule has 0 bridgehead atoms. The maximum Gasteiger partial charge on any atom is 0.128 e. The van der Waals surface area contributed by atoms with Crippen molar-refractivity contribution in [2.24, 2.45) is 7.05 Å². The third-order valence-corrected chi connectivity index (χ3v) is 3.44. The summed E-state index contributed by atoms with van der Waals surface area (Å²) in [6, 6.07) is 10.3. The Morgan fingerprint density at radius 3 is 2.60 bits per heavy atom. The van der Waals surface area contributed by atoms with Crippen LogP contribution >= 0.6 is 0 Å². The molecule has 2 unspecified atom stereocenters. The van der Waals surface area contributed by atoms with Gasteiger partial charge in [-0.25, -0.2) is 4.98 Å². The first-order chi connectivity index (χ1) is 9.77. The molecule has 2 atom stereocenters. The molecule has 0 fully saturated rings. The Hall–Kier alpha value is -1.65. The van der Waals surface area contributed by atoms with Crippen LogP contribution in [0.5, 0.6) is 0 Å². The molecule has 1 heterocycles. The molecule has 1 N–H and O–H groups in total. The van der Waals surface area contributed by atoms with Crippen molar-refractivity contribution in [3.8, 4) is 0 Å². The highest BCUT2D eigenvalue weighted by Crippen LogP contribution is 2.30. The predicted molar refractivity (Wildman–Crippen MR) is 80.4 cm³/mol. The average molecular weight is 273 g/mol. The maximum atomic E-state index is 5.76. The van der Waals surface area contributed by atoms with Crippen molar-refractivity contribution >= 4 is 0 Å². The smallest absolute Gasteiger partial charge is 0.128 e. The molecule has 0 saturated carbocycles. The Balaban J connectivity index is 2.31. The molecule has 1 aromatic heterocycles. The number of nitrogens with zero attached hydrogens (tertiary/aromatic N) is 2. The van der Waals surface area contributed by atoms with Crippen molar-refractivity contribution in [2.45, 2.75) is 25.5 Å². The van der Waals surface area contributed by atoms with Crippen molar-refractivity contribution in [1.82, 2.24) is 14.9 Å². The summed E-state index contributed by atoms with van der Waals surface area (Å²) in [5, 5.41) is 3.55. The van der Waals surface area contributed by atoms with Crippen LogP contribution in [0.15, 0.2) is 42.7 Å². The summed E-state index contributed by atoms with van der Waals surface area (Å²) in [5.41, 5.74) is 1.16. The van der Waals surface area contributed by atoms with Crippen LogP contribution in [0.1, 0.15) is 36.9 Å². The highest BCUT2D eigenvalue weighted by Gasteiger charge is 2.27. The molecule has 2 aromatic rings. The summed E-state index contributed by atoms with van der Waals surface area (Å²) in [6.07, 6.45) is 4.82. The van der Waals surface area contributed by atoms with E-state index in [-0.39, 0.29) is 12.1 Å². The summed E-state index contributed by atoms with van der Waals surface area (Å²) < 4.78 is 7.80. The SMILES string of the molecule is CCCNC(c1nccn1C)C(OC)c1ccccc1. The summed E-state index contributed by atoms with van der Waals surface area (Å²) >= 11 is 0. The van der Waals surface area contributed by atoms with Gasteiger partial charge in [-0.15, -0.1) is 0 Å². The van der Waals surface area contributed by atoms with Crippen LogP contribution < -0.4 is 5.32 Å². The van der Waals surface area contributed by atoms with Crippen LogP contribution in [0, 0.1) is 0 Å². The fraction of sp³-hybridized carbons (Fsp3) is 0.438. The average Bonchev–Trinajstić information content (AvgIpc) is 2.90. The van der Waals surface area contributed by atoms with E-state index in [4.69, 9.17) is 4.74 Å². The molecule has 1 aromatic carbocycles. The van der Waals surface area contributed by atoms with Crippen LogP contribution in [-0.4, -0.2) is 23.2 Å². The highest BCUT2D eigenvalue weighted by atomic mass is 16.5. The molecule has 4 heteroatoms. The number of hydrogen-bond donors (Lipinski definition) is 1. The first-order valence-electron chi connectivity index (χ1n) is 7.06. The van der Waals surface area contributed by atoms with Gasteiger partial charge < -0.3 is 14.6 Å². The van der Waals surface area contributed by atoms with Crippen LogP contribution in [0.2, 0.25) is 0 Å². The van der Waals surface area contributed by atoms with Gasteiger partial charge in [0.05, 0.1) is 6.04 Å². The van der Waals surface area contributed by atoms with E-state index in [0.717, 1.165) is 24.4 Å². The number of nitrogens with one attached hydrogen (secondary N) is 1. The Morgan fingerprint density at radius 2 is 2.05 bits per heavy atom. The van der Waals surface area contributed by atoms with Gasteiger partial charge in [0, 0.05) is 26.6 Å². The van der Waals surface area contributed by atoms with E-state index in [0.29, 0.717) is 0 Å². The second kappa shape index (κ2) is 7.22. The van der Waals surface area contributed by atoms with Gasteiger partial charge in [-0.3, -0.25) is 0 Å². The monoisotopic (exact) mass is 273 g/mol. The van der Waals surface area contributed by atoms with E-state index < -0.39 is 0 Å². The second-order valence-electron chi connectivity index (χ2n) is 4.90. The van der Waals surface area contributed by atoms with Crippen LogP contribution in [-0.2, 0) is 11.8 Å². The van der Waals surface area contributed by atoms with E-state index in [1.54, 1.807) is 7.11 Å². The minimum Gasteiger partial charge on any atom is -0.375 e. The van der Waals surface area contributed by atoms with E-state index in [1.165, 1.54) is 0 Å². The zero-order chi connectivity index (χ0) is 14.4. The minimum atomic E-state index is -0.0520. The van der Waals surface area contributed by atoms with Crippen molar-refractivity contribution in [3.63, 3.8) is 0 Å². The Morgan fingerprint density at radius 1 is 1.30 bits per heavy atom. The topological polar surface area (TPSA) is 39.1 Å².